The van der Waals surface area contributed by atoms with Gasteiger partial charge in [-0.15, -0.1) is 0 Å². The second-order valence-corrected chi connectivity index (χ2v) is 4.52. The highest BCUT2D eigenvalue weighted by Gasteiger charge is 2.16. The summed E-state index contributed by atoms with van der Waals surface area (Å²) >= 11 is 0. The highest BCUT2D eigenvalue weighted by Crippen LogP contribution is 2.19. The highest BCUT2D eigenvalue weighted by atomic mass is 16.2. The normalized spacial score (nSPS) is 10.6. The maximum atomic E-state index is 12.5. The van der Waals surface area contributed by atoms with Crippen LogP contribution in [-0.2, 0) is 0 Å². The standard InChI is InChI=1S/C15H18N2O/c1-4-17(10-11(2)3)15(18)13-6-5-7-14-12(13)8-9-16-14/h5-9,16H,2,4,10H2,1,3H3. The Hall–Kier alpha value is -2.03. The molecule has 1 amide bonds. The number of aromatic nitrogens is 1. The third-order valence-corrected chi connectivity index (χ3v) is 2.96. The first-order valence-electron chi connectivity index (χ1n) is 6.13. The zero-order chi connectivity index (χ0) is 13.1. The van der Waals surface area contributed by atoms with Crippen LogP contribution in [0.1, 0.15) is 24.2 Å². The lowest BCUT2D eigenvalue weighted by Crippen LogP contribution is -2.32. The van der Waals surface area contributed by atoms with Crippen LogP contribution in [0, 0.1) is 0 Å². The molecular weight excluding hydrogens is 224 g/mol. The molecule has 1 N–H and O–H groups in total. The maximum absolute atomic E-state index is 12.5. The summed E-state index contributed by atoms with van der Waals surface area (Å²) in [4.78, 5) is 17.4. The number of nitrogens with zero attached hydrogens (tertiary/aromatic N) is 1. The van der Waals surface area contributed by atoms with Crippen molar-refractivity contribution >= 4 is 16.8 Å². The molecule has 18 heavy (non-hydrogen) atoms. The number of benzene rings is 1. The summed E-state index contributed by atoms with van der Waals surface area (Å²) in [6.07, 6.45) is 1.86. The molecule has 0 radical (unpaired) electrons. The Kier molecular flexibility index (Phi) is 3.51. The lowest BCUT2D eigenvalue weighted by Gasteiger charge is -2.21. The van der Waals surface area contributed by atoms with Crippen molar-refractivity contribution in [3.63, 3.8) is 0 Å². The smallest absolute Gasteiger partial charge is 0.254 e. The number of H-pyrrole nitrogens is 1. The highest BCUT2D eigenvalue weighted by molar-refractivity contribution is 6.06. The van der Waals surface area contributed by atoms with Crippen LogP contribution in [0.5, 0.6) is 0 Å². The number of aromatic amines is 1. The van der Waals surface area contributed by atoms with Crippen molar-refractivity contribution in [3.8, 4) is 0 Å². The van der Waals surface area contributed by atoms with E-state index in [0.29, 0.717) is 13.1 Å². The van der Waals surface area contributed by atoms with Crippen LogP contribution in [0.25, 0.3) is 10.9 Å². The monoisotopic (exact) mass is 242 g/mol. The number of amides is 1. The number of carbonyl (C=O) groups is 1. The van der Waals surface area contributed by atoms with Crippen LogP contribution < -0.4 is 0 Å². The number of fused-ring (bicyclic) bond motifs is 1. The molecule has 3 nitrogen and oxygen atoms in total. The molecule has 0 saturated carbocycles. The van der Waals surface area contributed by atoms with Crippen molar-refractivity contribution in [2.45, 2.75) is 13.8 Å². The van der Waals surface area contributed by atoms with Gasteiger partial charge in [0.05, 0.1) is 0 Å². The molecule has 0 bridgehead atoms. The van der Waals surface area contributed by atoms with Crippen LogP contribution >= 0.6 is 0 Å². The van der Waals surface area contributed by atoms with Gasteiger partial charge in [0.1, 0.15) is 0 Å². The van der Waals surface area contributed by atoms with Crippen molar-refractivity contribution in [2.24, 2.45) is 0 Å². The lowest BCUT2D eigenvalue weighted by molar-refractivity contribution is 0.0780. The van der Waals surface area contributed by atoms with Gasteiger partial charge in [-0.05, 0) is 32.0 Å². The Balaban J connectivity index is 2.37. The predicted octanol–water partition coefficient (Wildman–Crippen LogP) is 3.21. The molecule has 1 aromatic heterocycles. The molecule has 0 spiro atoms. The van der Waals surface area contributed by atoms with E-state index >= 15 is 0 Å². The molecule has 3 heteroatoms. The van der Waals surface area contributed by atoms with Gasteiger partial charge in [0, 0.05) is 35.8 Å². The predicted molar refractivity (Wildman–Crippen MR) is 74.7 cm³/mol. The first-order valence-corrected chi connectivity index (χ1v) is 6.13. The average Bonchev–Trinajstić information content (AvgIpc) is 2.82. The van der Waals surface area contributed by atoms with Gasteiger partial charge in [-0.1, -0.05) is 18.2 Å². The van der Waals surface area contributed by atoms with Crippen LogP contribution in [-0.4, -0.2) is 28.9 Å². The summed E-state index contributed by atoms with van der Waals surface area (Å²) in [5.74, 6) is 0.0608. The van der Waals surface area contributed by atoms with Gasteiger partial charge in [-0.25, -0.2) is 0 Å². The first kappa shape index (κ1) is 12.4. The van der Waals surface area contributed by atoms with Crippen molar-refractivity contribution < 1.29 is 4.79 Å². The molecule has 0 fully saturated rings. The van der Waals surface area contributed by atoms with Crippen LogP contribution in [0.3, 0.4) is 0 Å². The minimum Gasteiger partial charge on any atom is -0.361 e. The Morgan fingerprint density at radius 1 is 1.39 bits per heavy atom. The van der Waals surface area contributed by atoms with E-state index < -0.39 is 0 Å². The van der Waals surface area contributed by atoms with Crippen molar-refractivity contribution in [2.75, 3.05) is 13.1 Å². The Labute approximate surface area is 107 Å². The Morgan fingerprint density at radius 2 is 2.17 bits per heavy atom. The van der Waals surface area contributed by atoms with E-state index in [9.17, 15) is 4.79 Å². The topological polar surface area (TPSA) is 36.1 Å². The average molecular weight is 242 g/mol. The molecule has 0 saturated heterocycles. The Morgan fingerprint density at radius 3 is 2.83 bits per heavy atom. The molecule has 0 atom stereocenters. The largest absolute Gasteiger partial charge is 0.361 e. The second-order valence-electron chi connectivity index (χ2n) is 4.52. The molecule has 0 aliphatic rings. The van der Waals surface area contributed by atoms with Crippen molar-refractivity contribution in [1.29, 1.82) is 0 Å². The fourth-order valence-corrected chi connectivity index (χ4v) is 2.10. The van der Waals surface area contributed by atoms with Crippen LogP contribution in [0.2, 0.25) is 0 Å². The molecule has 2 rings (SSSR count). The number of rotatable bonds is 4. The molecule has 1 heterocycles. The summed E-state index contributed by atoms with van der Waals surface area (Å²) in [5, 5.41) is 0.975. The van der Waals surface area contributed by atoms with E-state index in [-0.39, 0.29) is 5.91 Å². The number of hydrogen-bond donors (Lipinski definition) is 1. The van der Waals surface area contributed by atoms with Crippen LogP contribution in [0.15, 0.2) is 42.6 Å². The molecule has 0 unspecified atom stereocenters. The van der Waals surface area contributed by atoms with Gasteiger partial charge in [0.2, 0.25) is 0 Å². The summed E-state index contributed by atoms with van der Waals surface area (Å²) in [6.45, 7) is 9.09. The summed E-state index contributed by atoms with van der Waals surface area (Å²) in [7, 11) is 0. The first-order chi connectivity index (χ1) is 8.63. The number of carbonyl (C=O) groups excluding carboxylic acids is 1. The molecule has 2 aromatic rings. The SMILES string of the molecule is C=C(C)CN(CC)C(=O)c1cccc2[nH]ccc12. The maximum Gasteiger partial charge on any atom is 0.254 e. The summed E-state index contributed by atoms with van der Waals surface area (Å²) < 4.78 is 0. The zero-order valence-electron chi connectivity index (χ0n) is 10.9. The van der Waals surface area contributed by atoms with Gasteiger partial charge in [-0.2, -0.15) is 0 Å². The molecule has 1 aromatic carbocycles. The third-order valence-electron chi connectivity index (χ3n) is 2.96. The Bertz CT molecular complexity index is 583. The molecule has 0 aliphatic heterocycles. The minimum atomic E-state index is 0.0608. The van der Waals surface area contributed by atoms with Gasteiger partial charge in [0.25, 0.3) is 5.91 Å². The van der Waals surface area contributed by atoms with Gasteiger partial charge in [-0.3, -0.25) is 4.79 Å². The molecular formula is C15H18N2O. The quantitative estimate of drug-likeness (QED) is 0.821. The molecule has 0 aliphatic carbocycles. The zero-order valence-corrected chi connectivity index (χ0v) is 10.9. The van der Waals surface area contributed by atoms with Crippen molar-refractivity contribution in [3.05, 3.63) is 48.2 Å². The number of nitrogens with one attached hydrogen (secondary N) is 1. The number of hydrogen-bond acceptors (Lipinski definition) is 1. The number of likely N-dealkylation sites (N-methyl/N-ethyl adjacent to an activating group) is 1. The van der Waals surface area contributed by atoms with E-state index in [1.807, 2.05) is 49.2 Å². The summed E-state index contributed by atoms with van der Waals surface area (Å²) in [5.41, 5.74) is 2.73. The van der Waals surface area contributed by atoms with E-state index in [4.69, 9.17) is 0 Å². The van der Waals surface area contributed by atoms with Gasteiger partial charge < -0.3 is 9.88 Å². The van der Waals surface area contributed by atoms with Gasteiger partial charge in [0.15, 0.2) is 0 Å². The van der Waals surface area contributed by atoms with Gasteiger partial charge >= 0.3 is 0 Å². The van der Waals surface area contributed by atoms with E-state index in [1.54, 1.807) is 0 Å². The van der Waals surface area contributed by atoms with E-state index in [1.165, 1.54) is 0 Å². The summed E-state index contributed by atoms with van der Waals surface area (Å²) in [6, 6.07) is 7.69. The fraction of sp³-hybridized carbons (Fsp3) is 0.267. The molecule has 94 valence electrons. The lowest BCUT2D eigenvalue weighted by atomic mass is 10.1. The van der Waals surface area contributed by atoms with Crippen LogP contribution in [0.4, 0.5) is 0 Å². The fourth-order valence-electron chi connectivity index (χ4n) is 2.10. The van der Waals surface area contributed by atoms with E-state index in [0.717, 1.165) is 22.0 Å². The minimum absolute atomic E-state index is 0.0608. The second kappa shape index (κ2) is 5.08. The third kappa shape index (κ3) is 2.30. The van der Waals surface area contributed by atoms with E-state index in [2.05, 4.69) is 11.6 Å². The van der Waals surface area contributed by atoms with Crippen molar-refractivity contribution in [1.82, 2.24) is 9.88 Å².